The van der Waals surface area contributed by atoms with Gasteiger partial charge in [-0.25, -0.2) is 0 Å². The van der Waals surface area contributed by atoms with Crippen molar-refractivity contribution in [2.75, 3.05) is 6.61 Å². The van der Waals surface area contributed by atoms with Crippen LogP contribution in [0.1, 0.15) is 89.2 Å². The maximum atomic E-state index is 12.2. The number of unbranched alkanes of at least 4 members (excludes halogenated alkanes) is 4. The van der Waals surface area contributed by atoms with Crippen LogP contribution >= 0.6 is 0 Å². The van der Waals surface area contributed by atoms with Crippen LogP contribution in [0.25, 0.3) is 0 Å². The molecule has 2 unspecified atom stereocenters. The minimum atomic E-state index is -0.881. The van der Waals surface area contributed by atoms with E-state index < -0.39 is 11.4 Å². The fourth-order valence-corrected chi connectivity index (χ4v) is 4.45. The first-order valence-electron chi connectivity index (χ1n) is 12.3. The number of rotatable bonds is 16. The molecule has 33 heavy (non-hydrogen) atoms. The number of Topliss-reactive ketones (excluding diaryl/α,β-unsaturated/α-hetero) is 1. The van der Waals surface area contributed by atoms with Gasteiger partial charge < -0.3 is 10.2 Å². The highest BCUT2D eigenvalue weighted by Gasteiger charge is 2.34. The summed E-state index contributed by atoms with van der Waals surface area (Å²) < 4.78 is 0. The topological polar surface area (TPSA) is 74.6 Å². The number of aliphatic hydroxyl groups excluding tert-OH is 1. The molecule has 0 bridgehead atoms. The van der Waals surface area contributed by atoms with Gasteiger partial charge in [-0.05, 0) is 43.7 Å². The van der Waals surface area contributed by atoms with Gasteiger partial charge in [0.1, 0.15) is 5.78 Å². The van der Waals surface area contributed by atoms with Gasteiger partial charge in [0, 0.05) is 18.3 Å². The molecular weight excluding hydrogens is 412 g/mol. The Hall–Kier alpha value is -2.46. The number of carboxylic acid groups (broad SMARTS) is 1. The molecule has 2 atom stereocenters. The van der Waals surface area contributed by atoms with Gasteiger partial charge in [0.05, 0.1) is 12.0 Å². The van der Waals surface area contributed by atoms with E-state index in [1.807, 2.05) is 48.5 Å². The third kappa shape index (κ3) is 8.12. The van der Waals surface area contributed by atoms with Crippen LogP contribution in [0.3, 0.4) is 0 Å². The first-order valence-corrected chi connectivity index (χ1v) is 12.3. The summed E-state index contributed by atoms with van der Waals surface area (Å²) in [5.74, 6) is -0.499. The molecule has 0 amide bonds. The Morgan fingerprint density at radius 3 is 1.67 bits per heavy atom. The molecule has 0 aliphatic heterocycles. The summed E-state index contributed by atoms with van der Waals surface area (Å²) in [6, 6.07) is 19.5. The summed E-state index contributed by atoms with van der Waals surface area (Å²) >= 11 is 0. The summed E-state index contributed by atoms with van der Waals surface area (Å²) in [4.78, 5) is 24.1. The Morgan fingerprint density at radius 2 is 1.18 bits per heavy atom. The molecule has 0 spiro atoms. The van der Waals surface area contributed by atoms with Crippen molar-refractivity contribution in [3.05, 3.63) is 71.8 Å². The van der Waals surface area contributed by atoms with E-state index >= 15 is 0 Å². The summed E-state index contributed by atoms with van der Waals surface area (Å²) in [5, 5.41) is 19.6. The lowest BCUT2D eigenvalue weighted by Crippen LogP contribution is -2.32. The minimum absolute atomic E-state index is 0.126. The highest BCUT2D eigenvalue weighted by Crippen LogP contribution is 2.31. The van der Waals surface area contributed by atoms with Crippen molar-refractivity contribution < 1.29 is 19.8 Å². The van der Waals surface area contributed by atoms with Crippen molar-refractivity contribution in [3.63, 3.8) is 0 Å². The highest BCUT2D eigenvalue weighted by molar-refractivity contribution is 5.80. The van der Waals surface area contributed by atoms with Gasteiger partial charge >= 0.3 is 5.97 Å². The van der Waals surface area contributed by atoms with Gasteiger partial charge in [-0.3, -0.25) is 9.59 Å². The largest absolute Gasteiger partial charge is 0.481 e. The van der Waals surface area contributed by atoms with E-state index in [0.29, 0.717) is 25.0 Å². The van der Waals surface area contributed by atoms with Gasteiger partial charge in [0.25, 0.3) is 0 Å². The number of hydrogen-bond acceptors (Lipinski definition) is 3. The molecule has 2 rings (SSSR count). The van der Waals surface area contributed by atoms with E-state index in [-0.39, 0.29) is 12.0 Å². The number of aliphatic hydroxyl groups is 1. The molecule has 0 fully saturated rings. The Bertz CT molecular complexity index is 848. The Labute approximate surface area is 199 Å². The predicted octanol–water partition coefficient (Wildman–Crippen LogP) is 6.45. The number of hydrogen-bond donors (Lipinski definition) is 2. The van der Waals surface area contributed by atoms with Crippen molar-refractivity contribution in [1.82, 2.24) is 0 Å². The van der Waals surface area contributed by atoms with Crippen LogP contribution in [0, 0.1) is 0 Å². The Morgan fingerprint density at radius 1 is 0.697 bits per heavy atom. The van der Waals surface area contributed by atoms with Crippen LogP contribution < -0.4 is 0 Å². The van der Waals surface area contributed by atoms with Crippen molar-refractivity contribution in [1.29, 1.82) is 0 Å². The smallest absolute Gasteiger partial charge is 0.313 e. The predicted molar refractivity (Wildman–Crippen MR) is 133 cm³/mol. The zero-order chi connectivity index (χ0) is 24.2. The molecule has 0 aliphatic carbocycles. The molecule has 0 radical (unpaired) electrons. The third-order valence-corrected chi connectivity index (χ3v) is 7.02. The average Bonchev–Trinajstić information content (AvgIpc) is 2.84. The number of carbonyl (C=O) groups excluding carboxylic acids is 1. The van der Waals surface area contributed by atoms with Crippen molar-refractivity contribution >= 4 is 11.8 Å². The van der Waals surface area contributed by atoms with Crippen LogP contribution in [-0.2, 0) is 20.4 Å². The molecule has 2 N–H and O–H groups in total. The molecule has 4 nitrogen and oxygen atoms in total. The minimum Gasteiger partial charge on any atom is -0.481 e. The van der Waals surface area contributed by atoms with Crippen molar-refractivity contribution in [3.8, 4) is 0 Å². The quantitative estimate of drug-likeness (QED) is 0.287. The molecule has 0 saturated heterocycles. The van der Waals surface area contributed by atoms with E-state index in [1.54, 1.807) is 6.92 Å². The summed E-state index contributed by atoms with van der Waals surface area (Å²) in [6.07, 6.45) is 8.02. The van der Waals surface area contributed by atoms with Gasteiger partial charge in [-0.2, -0.15) is 0 Å². The Kier molecular flexibility index (Phi) is 10.8. The molecule has 4 heteroatoms. The van der Waals surface area contributed by atoms with Crippen molar-refractivity contribution in [2.45, 2.75) is 88.9 Å². The van der Waals surface area contributed by atoms with Crippen LogP contribution in [0.4, 0.5) is 0 Å². The second-order valence-electron chi connectivity index (χ2n) is 9.75. The Balaban J connectivity index is 1.61. The molecular formula is C29H40O4. The molecule has 0 heterocycles. The van der Waals surface area contributed by atoms with Crippen LogP contribution in [0.2, 0.25) is 0 Å². The molecule has 0 saturated carbocycles. The van der Waals surface area contributed by atoms with E-state index in [9.17, 15) is 19.8 Å². The van der Waals surface area contributed by atoms with Gasteiger partial charge in [0.2, 0.25) is 0 Å². The van der Waals surface area contributed by atoms with Crippen LogP contribution in [0.15, 0.2) is 60.7 Å². The van der Waals surface area contributed by atoms with Crippen molar-refractivity contribution in [2.24, 2.45) is 0 Å². The van der Waals surface area contributed by atoms with E-state index in [0.717, 1.165) is 56.1 Å². The summed E-state index contributed by atoms with van der Waals surface area (Å²) in [7, 11) is 0. The number of aliphatic carboxylic acids is 1. The standard InChI is InChI=1S/C29H40O4/c1-28(23-30,24-15-7-3-8-16-24)21-13-5-11-19-26(31)20-12-6-14-22-29(2,27(32)33)25-17-9-4-10-18-25/h3-4,7-10,15-18,30H,5-6,11-14,19-23H2,1-2H3,(H,32,33). The van der Waals surface area contributed by atoms with E-state index in [4.69, 9.17) is 0 Å². The zero-order valence-electron chi connectivity index (χ0n) is 20.3. The fourth-order valence-electron chi connectivity index (χ4n) is 4.45. The van der Waals surface area contributed by atoms with Gasteiger partial charge in [-0.15, -0.1) is 0 Å². The van der Waals surface area contributed by atoms with Gasteiger partial charge in [-0.1, -0.05) is 93.3 Å². The lowest BCUT2D eigenvalue weighted by molar-refractivity contribution is -0.143. The van der Waals surface area contributed by atoms with Crippen LogP contribution in [0.5, 0.6) is 0 Å². The molecule has 180 valence electrons. The first-order chi connectivity index (χ1) is 15.8. The van der Waals surface area contributed by atoms with E-state index in [1.165, 1.54) is 0 Å². The maximum Gasteiger partial charge on any atom is 0.313 e. The average molecular weight is 453 g/mol. The lowest BCUT2D eigenvalue weighted by Gasteiger charge is -2.28. The third-order valence-electron chi connectivity index (χ3n) is 7.02. The maximum absolute atomic E-state index is 12.2. The number of carbonyl (C=O) groups is 2. The number of benzene rings is 2. The lowest BCUT2D eigenvalue weighted by atomic mass is 9.78. The normalized spacial score (nSPS) is 14.9. The molecule has 0 aromatic heterocycles. The van der Waals surface area contributed by atoms with Crippen LogP contribution in [-0.4, -0.2) is 28.6 Å². The fraction of sp³-hybridized carbons (Fsp3) is 0.517. The number of carboxylic acids is 1. The van der Waals surface area contributed by atoms with Gasteiger partial charge in [0.15, 0.2) is 0 Å². The van der Waals surface area contributed by atoms with E-state index in [2.05, 4.69) is 19.1 Å². The zero-order valence-corrected chi connectivity index (χ0v) is 20.3. The summed E-state index contributed by atoms with van der Waals surface area (Å²) in [5.41, 5.74) is 0.886. The monoisotopic (exact) mass is 452 g/mol. The first kappa shape index (κ1) is 26.8. The molecule has 0 aliphatic rings. The molecule has 2 aromatic carbocycles. The highest BCUT2D eigenvalue weighted by atomic mass is 16.4. The summed E-state index contributed by atoms with van der Waals surface area (Å²) in [6.45, 7) is 4.01. The SMILES string of the molecule is CC(CO)(CCCCCC(=O)CCCCCC(C)(C(=O)O)c1ccccc1)c1ccccc1. The second-order valence-corrected chi connectivity index (χ2v) is 9.75. The number of ketones is 1. The molecule has 2 aromatic rings. The second kappa shape index (κ2) is 13.3.